The van der Waals surface area contributed by atoms with Gasteiger partial charge in [0.15, 0.2) is 0 Å². The highest BCUT2D eigenvalue weighted by molar-refractivity contribution is 5.92. The first-order valence-corrected chi connectivity index (χ1v) is 9.15. The van der Waals surface area contributed by atoms with E-state index in [0.717, 1.165) is 35.0 Å². The van der Waals surface area contributed by atoms with Crippen LogP contribution in [0.1, 0.15) is 17.5 Å². The van der Waals surface area contributed by atoms with Crippen molar-refractivity contribution in [3.05, 3.63) is 59.6 Å². The molecule has 1 aromatic heterocycles. The molecule has 0 bridgehead atoms. The summed E-state index contributed by atoms with van der Waals surface area (Å²) in [4.78, 5) is 26.6. The van der Waals surface area contributed by atoms with Gasteiger partial charge in [0.1, 0.15) is 0 Å². The van der Waals surface area contributed by atoms with E-state index < -0.39 is 18.9 Å². The summed E-state index contributed by atoms with van der Waals surface area (Å²) in [6, 6.07) is 5.93. The zero-order valence-electron chi connectivity index (χ0n) is 16.4. The summed E-state index contributed by atoms with van der Waals surface area (Å²) < 4.78 is 11.7. The molecule has 0 fully saturated rings. The molecule has 1 aliphatic rings. The Morgan fingerprint density at radius 3 is 2.79 bits per heavy atom. The van der Waals surface area contributed by atoms with E-state index in [4.69, 9.17) is 9.47 Å². The summed E-state index contributed by atoms with van der Waals surface area (Å²) in [5.41, 5.74) is 3.46. The molecular weight excluding hydrogens is 358 g/mol. The number of aryl methyl sites for hydroxylation is 1. The topological polar surface area (TPSA) is 72.8 Å². The molecular formula is C21H25N3O4. The van der Waals surface area contributed by atoms with Crippen molar-refractivity contribution < 1.29 is 19.1 Å². The SMILES string of the molecule is Cc1ccc2c(c1)c(CCN(C)C)cn2C(=O)OCOC(=O)C1=CNC=CC1. The van der Waals surface area contributed by atoms with Gasteiger partial charge in [-0.15, -0.1) is 0 Å². The summed E-state index contributed by atoms with van der Waals surface area (Å²) in [6.45, 7) is 2.46. The molecule has 0 spiro atoms. The highest BCUT2D eigenvalue weighted by Gasteiger charge is 2.17. The van der Waals surface area contributed by atoms with E-state index in [1.807, 2.05) is 39.2 Å². The minimum Gasteiger partial charge on any atom is -0.424 e. The van der Waals surface area contributed by atoms with Crippen LogP contribution in [0.15, 0.2) is 48.4 Å². The molecule has 0 unspecified atom stereocenters. The fourth-order valence-corrected chi connectivity index (χ4v) is 3.01. The number of ether oxygens (including phenoxy) is 2. The summed E-state index contributed by atoms with van der Waals surface area (Å²) in [5.74, 6) is -0.510. The number of esters is 1. The first-order valence-electron chi connectivity index (χ1n) is 9.15. The van der Waals surface area contributed by atoms with Crippen molar-refractivity contribution in [3.8, 4) is 0 Å². The van der Waals surface area contributed by atoms with Gasteiger partial charge in [0.25, 0.3) is 0 Å². The molecule has 7 nitrogen and oxygen atoms in total. The first kappa shape index (κ1) is 19.7. The third-order valence-electron chi connectivity index (χ3n) is 4.51. The van der Waals surface area contributed by atoms with Gasteiger partial charge in [-0.1, -0.05) is 17.7 Å². The molecule has 3 rings (SSSR count). The fourth-order valence-electron chi connectivity index (χ4n) is 3.01. The second-order valence-electron chi connectivity index (χ2n) is 7.00. The van der Waals surface area contributed by atoms with E-state index in [1.165, 1.54) is 4.57 Å². The Morgan fingerprint density at radius 1 is 1.25 bits per heavy atom. The lowest BCUT2D eigenvalue weighted by atomic mass is 10.1. The Balaban J connectivity index is 1.69. The standard InChI is InChI=1S/C21H25N3O4/c1-15-6-7-19-18(11-15)17(8-10-23(2)3)13-24(19)21(26)28-14-27-20(25)16-5-4-9-22-12-16/h4,6-7,9,11-13,22H,5,8,10,14H2,1-3H3. The lowest BCUT2D eigenvalue weighted by Gasteiger charge is -2.10. The van der Waals surface area contributed by atoms with Crippen molar-refractivity contribution >= 4 is 23.0 Å². The zero-order valence-corrected chi connectivity index (χ0v) is 16.4. The van der Waals surface area contributed by atoms with Crippen LogP contribution in [0.2, 0.25) is 0 Å². The van der Waals surface area contributed by atoms with Gasteiger partial charge in [0, 0.05) is 30.7 Å². The molecule has 0 radical (unpaired) electrons. The van der Waals surface area contributed by atoms with Gasteiger partial charge in [0.2, 0.25) is 6.79 Å². The van der Waals surface area contributed by atoms with Crippen LogP contribution < -0.4 is 5.32 Å². The van der Waals surface area contributed by atoms with Crippen LogP contribution in [0.5, 0.6) is 0 Å². The molecule has 1 aromatic carbocycles. The van der Waals surface area contributed by atoms with Gasteiger partial charge in [-0.25, -0.2) is 9.59 Å². The van der Waals surface area contributed by atoms with Gasteiger partial charge >= 0.3 is 12.1 Å². The molecule has 0 aliphatic carbocycles. The first-order chi connectivity index (χ1) is 13.5. The number of carbonyl (C=O) groups is 2. The molecule has 0 saturated carbocycles. The van der Waals surface area contributed by atoms with Crippen LogP contribution in [0, 0.1) is 6.92 Å². The quantitative estimate of drug-likeness (QED) is 0.611. The van der Waals surface area contributed by atoms with E-state index in [1.54, 1.807) is 18.6 Å². The van der Waals surface area contributed by atoms with E-state index in [2.05, 4.69) is 16.3 Å². The van der Waals surface area contributed by atoms with Gasteiger partial charge in [0.05, 0.1) is 11.1 Å². The third kappa shape index (κ3) is 4.61. The molecule has 2 heterocycles. The van der Waals surface area contributed by atoms with E-state index in [9.17, 15) is 9.59 Å². The van der Waals surface area contributed by atoms with Gasteiger partial charge < -0.3 is 19.7 Å². The van der Waals surface area contributed by atoms with Crippen molar-refractivity contribution in [1.82, 2.24) is 14.8 Å². The number of hydrogen-bond donors (Lipinski definition) is 1. The third-order valence-corrected chi connectivity index (χ3v) is 4.51. The Bertz CT molecular complexity index is 941. The summed E-state index contributed by atoms with van der Waals surface area (Å²) in [5, 5.41) is 3.86. The number of rotatable bonds is 6. The lowest BCUT2D eigenvalue weighted by Crippen LogP contribution is -2.19. The van der Waals surface area contributed by atoms with Crippen LogP contribution in [0.3, 0.4) is 0 Å². The van der Waals surface area contributed by atoms with Crippen LogP contribution in [-0.4, -0.2) is 49.0 Å². The van der Waals surface area contributed by atoms with Gasteiger partial charge in [-0.2, -0.15) is 0 Å². The Labute approximate surface area is 164 Å². The Kier molecular flexibility index (Phi) is 6.16. The maximum atomic E-state index is 12.6. The Morgan fingerprint density at radius 2 is 2.07 bits per heavy atom. The number of fused-ring (bicyclic) bond motifs is 1. The number of likely N-dealkylation sites (N-methyl/N-ethyl adjacent to an activating group) is 1. The van der Waals surface area contributed by atoms with Gasteiger partial charge in [-0.05, 0) is 51.3 Å². The highest BCUT2D eigenvalue weighted by atomic mass is 16.7. The van der Waals surface area contributed by atoms with Crippen LogP contribution in [-0.2, 0) is 20.7 Å². The minimum atomic E-state index is -0.576. The maximum absolute atomic E-state index is 12.6. The molecule has 0 saturated heterocycles. The average molecular weight is 383 g/mol. The molecule has 0 amide bonds. The van der Waals surface area contributed by atoms with Crippen molar-refractivity contribution in [2.45, 2.75) is 19.8 Å². The minimum absolute atomic E-state index is 0.433. The molecule has 7 heteroatoms. The monoisotopic (exact) mass is 383 g/mol. The largest absolute Gasteiger partial charge is 0.424 e. The van der Waals surface area contributed by atoms with Crippen LogP contribution in [0.4, 0.5) is 4.79 Å². The summed E-state index contributed by atoms with van der Waals surface area (Å²) in [6.07, 6.45) is 7.65. The summed E-state index contributed by atoms with van der Waals surface area (Å²) in [7, 11) is 4.03. The fraction of sp³-hybridized carbons (Fsp3) is 0.333. The summed E-state index contributed by atoms with van der Waals surface area (Å²) >= 11 is 0. The van der Waals surface area contributed by atoms with E-state index in [0.29, 0.717) is 12.0 Å². The van der Waals surface area contributed by atoms with Crippen molar-refractivity contribution in [3.63, 3.8) is 0 Å². The Hall–Kier alpha value is -3.06. The van der Waals surface area contributed by atoms with Crippen LogP contribution in [0.25, 0.3) is 10.9 Å². The smallest absolute Gasteiger partial charge is 0.421 e. The second-order valence-corrected chi connectivity index (χ2v) is 7.00. The number of aromatic nitrogens is 1. The number of allylic oxidation sites excluding steroid dienone is 1. The molecule has 148 valence electrons. The van der Waals surface area contributed by atoms with E-state index >= 15 is 0 Å². The average Bonchev–Trinajstić information content (AvgIpc) is 3.04. The van der Waals surface area contributed by atoms with Crippen molar-refractivity contribution in [2.24, 2.45) is 0 Å². The van der Waals surface area contributed by atoms with Crippen molar-refractivity contribution in [1.29, 1.82) is 0 Å². The predicted octanol–water partition coefficient (Wildman–Crippen LogP) is 2.93. The van der Waals surface area contributed by atoms with Crippen LogP contribution >= 0.6 is 0 Å². The number of benzene rings is 1. The molecule has 1 aliphatic heterocycles. The molecule has 2 aromatic rings. The highest BCUT2D eigenvalue weighted by Crippen LogP contribution is 2.24. The second kappa shape index (κ2) is 8.75. The number of nitrogens with one attached hydrogen (secondary N) is 1. The number of hydrogen-bond acceptors (Lipinski definition) is 6. The zero-order chi connectivity index (χ0) is 20.1. The number of dihydropyridines is 1. The lowest BCUT2D eigenvalue weighted by molar-refractivity contribution is -0.147. The van der Waals surface area contributed by atoms with Crippen molar-refractivity contribution in [2.75, 3.05) is 27.4 Å². The maximum Gasteiger partial charge on any atom is 0.421 e. The van der Waals surface area contributed by atoms with Gasteiger partial charge in [-0.3, -0.25) is 4.57 Å². The molecule has 28 heavy (non-hydrogen) atoms. The van der Waals surface area contributed by atoms with E-state index in [-0.39, 0.29) is 0 Å². The molecule has 1 N–H and O–H groups in total. The number of carbonyl (C=O) groups excluding carboxylic acids is 2. The number of nitrogens with zero attached hydrogens (tertiary/aromatic N) is 2. The predicted molar refractivity (Wildman–Crippen MR) is 107 cm³/mol. The normalized spacial score (nSPS) is 13.4. The molecule has 0 atom stereocenters.